The quantitative estimate of drug-likeness (QED) is 0.916. The molecule has 0 bridgehead atoms. The summed E-state index contributed by atoms with van der Waals surface area (Å²) >= 11 is 5.79. The number of halogens is 4. The minimum absolute atomic E-state index is 0.00664. The van der Waals surface area contributed by atoms with E-state index in [9.17, 15) is 13.2 Å². The minimum atomic E-state index is -4.34. The monoisotopic (exact) mass is 323 g/mol. The highest BCUT2D eigenvalue weighted by molar-refractivity contribution is 6.28. The molecule has 6 nitrogen and oxygen atoms in total. The van der Waals surface area contributed by atoms with Gasteiger partial charge in [-0.15, -0.1) is 0 Å². The van der Waals surface area contributed by atoms with Crippen molar-refractivity contribution in [2.24, 2.45) is 0 Å². The Balaban J connectivity index is 1.81. The minimum Gasteiger partial charge on any atom is -0.378 e. The normalized spacial score (nSPS) is 21.2. The van der Waals surface area contributed by atoms with Crippen LogP contribution in [0.2, 0.25) is 5.28 Å². The average Bonchev–Trinajstić information content (AvgIpc) is 3.19. The van der Waals surface area contributed by atoms with Gasteiger partial charge in [-0.25, -0.2) is 0 Å². The molecule has 0 amide bonds. The Kier molecular flexibility index (Phi) is 3.56. The second-order valence-electron chi connectivity index (χ2n) is 5.03. The molecule has 21 heavy (non-hydrogen) atoms. The van der Waals surface area contributed by atoms with Gasteiger partial charge in [-0.2, -0.15) is 28.1 Å². The number of hydrogen-bond acceptors (Lipinski definition) is 6. The number of nitrogens with one attached hydrogen (secondary N) is 1. The third-order valence-electron chi connectivity index (χ3n) is 3.53. The van der Waals surface area contributed by atoms with E-state index in [1.807, 2.05) is 0 Å². The van der Waals surface area contributed by atoms with Crippen LogP contribution < -0.4 is 10.2 Å². The van der Waals surface area contributed by atoms with Gasteiger partial charge in [0.2, 0.25) is 17.2 Å². The maximum atomic E-state index is 12.9. The molecule has 0 atom stereocenters. The number of hydrogen-bond donors (Lipinski definition) is 1. The van der Waals surface area contributed by atoms with Crippen molar-refractivity contribution in [2.75, 3.05) is 36.5 Å². The molecule has 2 heterocycles. The molecule has 3 rings (SSSR count). The van der Waals surface area contributed by atoms with Crippen molar-refractivity contribution in [1.29, 1.82) is 0 Å². The summed E-state index contributed by atoms with van der Waals surface area (Å²) < 4.78 is 44.0. The zero-order valence-electron chi connectivity index (χ0n) is 11.0. The van der Waals surface area contributed by atoms with Crippen molar-refractivity contribution in [1.82, 2.24) is 15.0 Å². The van der Waals surface area contributed by atoms with E-state index in [1.54, 1.807) is 4.90 Å². The van der Waals surface area contributed by atoms with Crippen molar-refractivity contribution in [3.8, 4) is 0 Å². The largest absolute Gasteiger partial charge is 0.411 e. The lowest BCUT2D eigenvalue weighted by Crippen LogP contribution is -2.40. The third kappa shape index (κ3) is 2.98. The van der Waals surface area contributed by atoms with Crippen LogP contribution in [0.15, 0.2) is 0 Å². The van der Waals surface area contributed by atoms with Crippen molar-refractivity contribution in [2.45, 2.75) is 24.6 Å². The van der Waals surface area contributed by atoms with Crippen LogP contribution in [0.3, 0.4) is 0 Å². The van der Waals surface area contributed by atoms with E-state index in [0.717, 1.165) is 0 Å². The number of aromatic nitrogens is 3. The van der Waals surface area contributed by atoms with Crippen LogP contribution in [0, 0.1) is 0 Å². The van der Waals surface area contributed by atoms with Gasteiger partial charge in [0.05, 0.1) is 13.2 Å². The highest BCUT2D eigenvalue weighted by Crippen LogP contribution is 2.50. The molecule has 1 aromatic heterocycles. The SMILES string of the molecule is FC(F)(F)C1(Nc2nc(Cl)nc(N3CCOCC3)n2)CC1. The lowest BCUT2D eigenvalue weighted by atomic mass is 10.3. The number of alkyl halides is 3. The summed E-state index contributed by atoms with van der Waals surface area (Å²) in [5, 5.41) is 2.23. The van der Waals surface area contributed by atoms with E-state index in [-0.39, 0.29) is 30.0 Å². The molecule has 1 saturated heterocycles. The molecule has 0 radical (unpaired) electrons. The average molecular weight is 324 g/mol. The Morgan fingerprint density at radius 2 is 1.81 bits per heavy atom. The predicted molar refractivity (Wildman–Crippen MR) is 69.5 cm³/mol. The van der Waals surface area contributed by atoms with Crippen LogP contribution in [-0.2, 0) is 4.74 Å². The Labute approximate surface area is 123 Å². The number of rotatable bonds is 3. The van der Waals surface area contributed by atoms with Crippen molar-refractivity contribution in [3.63, 3.8) is 0 Å². The molecular weight excluding hydrogens is 311 g/mol. The van der Waals surface area contributed by atoms with Gasteiger partial charge in [0.25, 0.3) is 0 Å². The molecule has 1 aliphatic carbocycles. The van der Waals surface area contributed by atoms with E-state index in [2.05, 4.69) is 20.3 Å². The summed E-state index contributed by atoms with van der Waals surface area (Å²) in [5.74, 6) is 0.116. The molecule has 0 spiro atoms. The van der Waals surface area contributed by atoms with Crippen LogP contribution in [-0.4, -0.2) is 53.0 Å². The lowest BCUT2D eigenvalue weighted by molar-refractivity contribution is -0.151. The third-order valence-corrected chi connectivity index (χ3v) is 3.70. The maximum Gasteiger partial charge on any atom is 0.411 e. The fourth-order valence-corrected chi connectivity index (χ4v) is 2.27. The molecule has 0 unspecified atom stereocenters. The number of anilines is 2. The van der Waals surface area contributed by atoms with Crippen molar-refractivity contribution >= 4 is 23.5 Å². The van der Waals surface area contributed by atoms with Crippen LogP contribution in [0.4, 0.5) is 25.1 Å². The van der Waals surface area contributed by atoms with E-state index in [4.69, 9.17) is 16.3 Å². The Bertz CT molecular complexity index is 531. The van der Waals surface area contributed by atoms with Crippen LogP contribution >= 0.6 is 11.6 Å². The van der Waals surface area contributed by atoms with Crippen LogP contribution in [0.1, 0.15) is 12.8 Å². The molecule has 1 saturated carbocycles. The first kappa shape index (κ1) is 14.6. The van der Waals surface area contributed by atoms with Gasteiger partial charge in [0, 0.05) is 13.1 Å². The van der Waals surface area contributed by atoms with Gasteiger partial charge >= 0.3 is 6.18 Å². The molecule has 1 aromatic rings. The molecule has 0 aromatic carbocycles. The predicted octanol–water partition coefficient (Wildman–Crippen LogP) is 1.87. The van der Waals surface area contributed by atoms with E-state index in [1.165, 1.54) is 0 Å². The summed E-state index contributed by atoms with van der Waals surface area (Å²) in [7, 11) is 0. The molecule has 2 fully saturated rings. The van der Waals surface area contributed by atoms with Gasteiger partial charge in [-0.05, 0) is 24.4 Å². The fraction of sp³-hybridized carbons (Fsp3) is 0.727. The molecule has 1 N–H and O–H groups in total. The first-order chi connectivity index (χ1) is 9.90. The second kappa shape index (κ2) is 5.13. The van der Waals surface area contributed by atoms with Crippen LogP contribution in [0.5, 0.6) is 0 Å². The summed E-state index contributed by atoms with van der Waals surface area (Å²) in [4.78, 5) is 13.6. The van der Waals surface area contributed by atoms with E-state index < -0.39 is 11.7 Å². The van der Waals surface area contributed by atoms with Crippen molar-refractivity contribution in [3.05, 3.63) is 5.28 Å². The molecular formula is C11H13ClF3N5O. The number of nitrogens with zero attached hydrogens (tertiary/aromatic N) is 4. The summed E-state index contributed by atoms with van der Waals surface area (Å²) in [5.41, 5.74) is -1.93. The Morgan fingerprint density at radius 3 is 2.38 bits per heavy atom. The summed E-state index contributed by atoms with van der Waals surface area (Å²) in [6, 6.07) is 0. The van der Waals surface area contributed by atoms with Gasteiger partial charge in [-0.3, -0.25) is 0 Å². The number of morpholine rings is 1. The van der Waals surface area contributed by atoms with Gasteiger partial charge < -0.3 is 15.0 Å². The van der Waals surface area contributed by atoms with Gasteiger partial charge in [0.1, 0.15) is 5.54 Å². The fourth-order valence-electron chi connectivity index (χ4n) is 2.12. The lowest BCUT2D eigenvalue weighted by Gasteiger charge is -2.27. The highest BCUT2D eigenvalue weighted by Gasteiger charge is 2.64. The zero-order valence-corrected chi connectivity index (χ0v) is 11.7. The summed E-state index contributed by atoms with van der Waals surface area (Å²) in [6.07, 6.45) is -4.33. The number of ether oxygens (including phenoxy) is 1. The Hall–Kier alpha value is -1.35. The zero-order chi connectivity index (χ0) is 15.1. The first-order valence-corrected chi connectivity index (χ1v) is 6.87. The Morgan fingerprint density at radius 1 is 1.14 bits per heavy atom. The van der Waals surface area contributed by atoms with E-state index >= 15 is 0 Å². The second-order valence-corrected chi connectivity index (χ2v) is 5.37. The smallest absolute Gasteiger partial charge is 0.378 e. The molecule has 116 valence electrons. The molecule has 10 heteroatoms. The standard InChI is InChI=1S/C11H13ClF3N5O/c12-7-16-8(19-10(1-2-10)11(13,14)15)18-9(17-7)20-3-5-21-6-4-20/h1-6H2,(H,16,17,18,19). The van der Waals surface area contributed by atoms with E-state index in [0.29, 0.717) is 26.3 Å². The molecule has 2 aliphatic rings. The van der Waals surface area contributed by atoms with Crippen LogP contribution in [0.25, 0.3) is 0 Å². The van der Waals surface area contributed by atoms with Crippen molar-refractivity contribution < 1.29 is 17.9 Å². The summed E-state index contributed by atoms with van der Waals surface area (Å²) in [6.45, 7) is 2.14. The molecule has 1 aliphatic heterocycles. The highest BCUT2D eigenvalue weighted by atomic mass is 35.5. The first-order valence-electron chi connectivity index (χ1n) is 6.49. The maximum absolute atomic E-state index is 12.9. The van der Waals surface area contributed by atoms with Gasteiger partial charge in [-0.1, -0.05) is 0 Å². The van der Waals surface area contributed by atoms with Gasteiger partial charge in [0.15, 0.2) is 0 Å². The topological polar surface area (TPSA) is 63.2 Å².